The first kappa shape index (κ1) is 23.8. The monoisotopic (exact) mass is 507 g/mol. The second kappa shape index (κ2) is 11.6. The van der Waals surface area contributed by atoms with E-state index in [1.54, 1.807) is 19.0 Å². The van der Waals surface area contributed by atoms with Crippen molar-refractivity contribution in [2.24, 2.45) is 10.9 Å². The van der Waals surface area contributed by atoms with Crippen LogP contribution in [0.2, 0.25) is 5.02 Å². The van der Waals surface area contributed by atoms with Gasteiger partial charge in [-0.15, -0.1) is 24.0 Å². The molecule has 1 unspecified atom stereocenters. The Bertz CT molecular complexity index is 621. The minimum absolute atomic E-state index is 0. The molecule has 2 N–H and O–H groups in total. The van der Waals surface area contributed by atoms with Gasteiger partial charge in [0.2, 0.25) is 5.91 Å². The number of likely N-dealkylation sites (N-methyl/N-ethyl adjacent to an activating group) is 1. The maximum atomic E-state index is 11.8. The molecule has 8 heteroatoms. The highest BCUT2D eigenvalue weighted by Crippen LogP contribution is 2.22. The average Bonchev–Trinajstić information content (AvgIpc) is 3.05. The third kappa shape index (κ3) is 8.13. The number of guanidine groups is 1. The first-order valence-corrected chi connectivity index (χ1v) is 9.48. The number of benzene rings is 1. The Morgan fingerprint density at radius 2 is 2.00 bits per heavy atom. The molecule has 1 amide bonds. The number of amides is 1. The highest BCUT2D eigenvalue weighted by atomic mass is 127. The van der Waals surface area contributed by atoms with Crippen molar-refractivity contribution in [1.82, 2.24) is 15.5 Å². The second-order valence-corrected chi connectivity index (χ2v) is 7.72. The molecule has 0 radical (unpaired) electrons. The lowest BCUT2D eigenvalue weighted by Gasteiger charge is -2.21. The molecular formula is C19H31ClIN5O. The fourth-order valence-corrected chi connectivity index (χ4v) is 2.83. The summed E-state index contributed by atoms with van der Waals surface area (Å²) in [5.41, 5.74) is 1.18. The Balaban J connectivity index is 0.00000364. The van der Waals surface area contributed by atoms with Crippen molar-refractivity contribution in [1.29, 1.82) is 0 Å². The van der Waals surface area contributed by atoms with E-state index in [9.17, 15) is 4.79 Å². The van der Waals surface area contributed by atoms with Crippen LogP contribution in [-0.4, -0.2) is 63.1 Å². The van der Waals surface area contributed by atoms with E-state index in [1.165, 1.54) is 5.69 Å². The quantitative estimate of drug-likeness (QED) is 0.353. The maximum Gasteiger partial charge on any atom is 0.243 e. The van der Waals surface area contributed by atoms with Crippen molar-refractivity contribution in [2.75, 3.05) is 45.2 Å². The van der Waals surface area contributed by atoms with E-state index in [2.05, 4.69) is 34.4 Å². The van der Waals surface area contributed by atoms with Gasteiger partial charge >= 0.3 is 0 Å². The van der Waals surface area contributed by atoms with Crippen LogP contribution in [-0.2, 0) is 4.79 Å². The SMILES string of the molecule is CC(C)CNC(=NCC(=O)N(C)C)NC1CCN(c2ccc(Cl)cc2)C1.I. The average molecular weight is 508 g/mol. The van der Waals surface area contributed by atoms with Gasteiger partial charge in [-0.05, 0) is 36.6 Å². The summed E-state index contributed by atoms with van der Waals surface area (Å²) in [7, 11) is 3.49. The highest BCUT2D eigenvalue weighted by molar-refractivity contribution is 14.0. The molecule has 0 spiro atoms. The van der Waals surface area contributed by atoms with Crippen molar-refractivity contribution in [2.45, 2.75) is 26.3 Å². The molecule has 152 valence electrons. The molecule has 2 rings (SSSR count). The minimum atomic E-state index is -0.00939. The van der Waals surface area contributed by atoms with Crippen molar-refractivity contribution in [3.8, 4) is 0 Å². The van der Waals surface area contributed by atoms with E-state index in [0.717, 1.165) is 31.1 Å². The molecule has 27 heavy (non-hydrogen) atoms. The van der Waals surface area contributed by atoms with Gasteiger partial charge in [0.1, 0.15) is 6.54 Å². The van der Waals surface area contributed by atoms with Crippen LogP contribution >= 0.6 is 35.6 Å². The van der Waals surface area contributed by atoms with Gasteiger partial charge in [0, 0.05) is 50.5 Å². The van der Waals surface area contributed by atoms with Gasteiger partial charge in [0.15, 0.2) is 5.96 Å². The number of nitrogens with zero attached hydrogens (tertiary/aromatic N) is 3. The number of hydrogen-bond donors (Lipinski definition) is 2. The van der Waals surface area contributed by atoms with E-state index >= 15 is 0 Å². The number of carbonyl (C=O) groups is 1. The fraction of sp³-hybridized carbons (Fsp3) is 0.579. The van der Waals surface area contributed by atoms with E-state index < -0.39 is 0 Å². The lowest BCUT2D eigenvalue weighted by atomic mass is 10.2. The third-order valence-electron chi connectivity index (χ3n) is 4.27. The van der Waals surface area contributed by atoms with Crippen LogP contribution < -0.4 is 15.5 Å². The normalized spacial score (nSPS) is 16.9. The zero-order valence-corrected chi connectivity index (χ0v) is 19.6. The molecule has 0 saturated carbocycles. The first-order valence-electron chi connectivity index (χ1n) is 9.10. The number of nitrogens with one attached hydrogen (secondary N) is 2. The van der Waals surface area contributed by atoms with Crippen LogP contribution in [0.1, 0.15) is 20.3 Å². The molecule has 6 nitrogen and oxygen atoms in total. The van der Waals surface area contributed by atoms with Crippen LogP contribution in [0.5, 0.6) is 0 Å². The molecule has 0 aromatic heterocycles. The van der Waals surface area contributed by atoms with E-state index in [4.69, 9.17) is 11.6 Å². The summed E-state index contributed by atoms with van der Waals surface area (Å²) in [6, 6.07) is 8.22. The Labute approximate surface area is 184 Å². The Morgan fingerprint density at radius 3 is 2.59 bits per heavy atom. The van der Waals surface area contributed by atoms with E-state index in [-0.39, 0.29) is 36.4 Å². The second-order valence-electron chi connectivity index (χ2n) is 7.28. The standard InChI is InChI=1S/C19H30ClN5O.HI/c1-14(2)11-21-19(22-12-18(26)24(3)4)23-16-9-10-25(13-16)17-7-5-15(20)6-8-17;/h5-8,14,16H,9-13H2,1-4H3,(H2,21,22,23);1H. The van der Waals surface area contributed by atoms with Gasteiger partial charge in [-0.3, -0.25) is 4.79 Å². The summed E-state index contributed by atoms with van der Waals surface area (Å²) < 4.78 is 0. The van der Waals surface area contributed by atoms with Crippen molar-refractivity contribution in [3.63, 3.8) is 0 Å². The summed E-state index contributed by atoms with van der Waals surface area (Å²) in [6.07, 6.45) is 1.02. The van der Waals surface area contributed by atoms with Crippen LogP contribution in [0.25, 0.3) is 0 Å². The number of rotatable bonds is 6. The number of anilines is 1. The van der Waals surface area contributed by atoms with Crippen LogP contribution in [0.15, 0.2) is 29.3 Å². The van der Waals surface area contributed by atoms with Crippen LogP contribution in [0.4, 0.5) is 5.69 Å². The van der Waals surface area contributed by atoms with Crippen LogP contribution in [0, 0.1) is 5.92 Å². The summed E-state index contributed by atoms with van der Waals surface area (Å²) in [5.74, 6) is 1.20. The summed E-state index contributed by atoms with van der Waals surface area (Å²) >= 11 is 5.97. The first-order chi connectivity index (χ1) is 12.3. The highest BCUT2D eigenvalue weighted by Gasteiger charge is 2.23. The van der Waals surface area contributed by atoms with Gasteiger partial charge in [0.25, 0.3) is 0 Å². The molecular weight excluding hydrogens is 477 g/mol. The van der Waals surface area contributed by atoms with Gasteiger partial charge in [-0.1, -0.05) is 25.4 Å². The summed E-state index contributed by atoms with van der Waals surface area (Å²) in [6.45, 7) is 7.13. The Hall–Kier alpha value is -1.22. The smallest absolute Gasteiger partial charge is 0.243 e. The summed E-state index contributed by atoms with van der Waals surface area (Å²) in [4.78, 5) is 20.2. The molecule has 1 aromatic rings. The predicted octanol–water partition coefficient (Wildman–Crippen LogP) is 2.82. The molecule has 1 aromatic carbocycles. The van der Waals surface area contributed by atoms with Gasteiger partial charge < -0.3 is 20.4 Å². The van der Waals surface area contributed by atoms with E-state index in [0.29, 0.717) is 17.9 Å². The lowest BCUT2D eigenvalue weighted by molar-refractivity contribution is -0.127. The van der Waals surface area contributed by atoms with Gasteiger partial charge in [-0.2, -0.15) is 0 Å². The Kier molecular flexibility index (Phi) is 10.2. The van der Waals surface area contributed by atoms with Gasteiger partial charge in [0.05, 0.1) is 0 Å². The van der Waals surface area contributed by atoms with Gasteiger partial charge in [-0.25, -0.2) is 4.99 Å². The fourth-order valence-electron chi connectivity index (χ4n) is 2.70. The molecule has 1 heterocycles. The number of hydrogen-bond acceptors (Lipinski definition) is 3. The molecule has 1 saturated heterocycles. The zero-order valence-electron chi connectivity index (χ0n) is 16.5. The predicted molar refractivity (Wildman–Crippen MR) is 124 cm³/mol. The maximum absolute atomic E-state index is 11.8. The van der Waals surface area contributed by atoms with Crippen molar-refractivity contribution in [3.05, 3.63) is 29.3 Å². The van der Waals surface area contributed by atoms with Crippen molar-refractivity contribution >= 4 is 53.1 Å². The number of aliphatic imine (C=N–C) groups is 1. The largest absolute Gasteiger partial charge is 0.369 e. The van der Waals surface area contributed by atoms with Crippen molar-refractivity contribution < 1.29 is 4.79 Å². The van der Waals surface area contributed by atoms with E-state index in [1.807, 2.05) is 24.3 Å². The molecule has 0 aliphatic carbocycles. The lowest BCUT2D eigenvalue weighted by Crippen LogP contribution is -2.46. The van der Waals surface area contributed by atoms with Crippen LogP contribution in [0.3, 0.4) is 0 Å². The summed E-state index contributed by atoms with van der Waals surface area (Å²) in [5, 5.41) is 7.56. The third-order valence-corrected chi connectivity index (χ3v) is 4.52. The number of carbonyl (C=O) groups excluding carboxylic acids is 1. The molecule has 1 atom stereocenters. The molecule has 1 fully saturated rings. The topological polar surface area (TPSA) is 60.0 Å². The number of halogens is 2. The molecule has 1 aliphatic rings. The molecule has 0 bridgehead atoms. The zero-order chi connectivity index (χ0) is 19.1. The Morgan fingerprint density at radius 1 is 1.33 bits per heavy atom. The minimum Gasteiger partial charge on any atom is -0.369 e. The molecule has 1 aliphatic heterocycles.